The van der Waals surface area contributed by atoms with Crippen molar-refractivity contribution in [3.05, 3.63) is 0 Å². The summed E-state index contributed by atoms with van der Waals surface area (Å²) in [6.45, 7) is 1.99. The predicted octanol–water partition coefficient (Wildman–Crippen LogP) is 0.218. The van der Waals surface area contributed by atoms with Crippen LogP contribution in [0.15, 0.2) is 4.99 Å². The van der Waals surface area contributed by atoms with Crippen molar-refractivity contribution in [3.63, 3.8) is 0 Å². The highest BCUT2D eigenvalue weighted by atomic mass is 35.5. The van der Waals surface area contributed by atoms with E-state index in [1.54, 1.807) is 6.34 Å². The molecule has 1 heterocycles. The summed E-state index contributed by atoms with van der Waals surface area (Å²) in [5.74, 6) is 0. The van der Waals surface area contributed by atoms with E-state index in [1.165, 1.54) is 0 Å². The highest BCUT2D eigenvalue weighted by molar-refractivity contribution is 5.85. The molecule has 0 fully saturated rings. The van der Waals surface area contributed by atoms with E-state index < -0.39 is 0 Å². The maximum absolute atomic E-state index is 3.85. The van der Waals surface area contributed by atoms with Gasteiger partial charge in [0.25, 0.3) is 0 Å². The van der Waals surface area contributed by atoms with Gasteiger partial charge in [-0.1, -0.05) is 0 Å². The minimum absolute atomic E-state index is 0. The Morgan fingerprint density at radius 2 is 1.90 bits per heavy atom. The van der Waals surface area contributed by atoms with E-state index in [0.29, 0.717) is 0 Å². The van der Waals surface area contributed by atoms with Crippen LogP contribution in [0.4, 0.5) is 0 Å². The normalized spacial score (nSPS) is 13.2. The first-order valence-electron chi connectivity index (χ1n) is 3.06. The fourth-order valence-corrected chi connectivity index (χ4v) is 0.323. The molecule has 3 nitrogen and oxygen atoms in total. The van der Waals surface area contributed by atoms with Crippen molar-refractivity contribution in [2.75, 3.05) is 34.2 Å². The molecule has 1 aliphatic rings. The zero-order valence-corrected chi connectivity index (χ0v) is 7.61. The van der Waals surface area contributed by atoms with Crippen LogP contribution < -0.4 is 5.32 Å². The highest BCUT2D eigenvalue weighted by Gasteiger charge is 1.82. The van der Waals surface area contributed by atoms with Gasteiger partial charge >= 0.3 is 0 Å². The predicted molar refractivity (Wildman–Crippen MR) is 48.2 cm³/mol. The summed E-state index contributed by atoms with van der Waals surface area (Å²) in [7, 11) is 6.00. The van der Waals surface area contributed by atoms with Gasteiger partial charge in [-0.15, -0.1) is 12.4 Å². The van der Waals surface area contributed by atoms with E-state index in [2.05, 4.69) is 10.3 Å². The zero-order valence-electron chi connectivity index (χ0n) is 6.79. The lowest BCUT2D eigenvalue weighted by Crippen LogP contribution is -2.04. The van der Waals surface area contributed by atoms with E-state index in [0.717, 1.165) is 13.1 Å². The molecule has 0 spiro atoms. The first-order chi connectivity index (χ1) is 4.23. The number of nitrogens with one attached hydrogen (secondary N) is 1. The van der Waals surface area contributed by atoms with Crippen molar-refractivity contribution in [1.82, 2.24) is 10.2 Å². The molecule has 0 aromatic carbocycles. The number of halogens is 1. The molecule has 1 rings (SSSR count). The molecular formula is C6H16ClN3. The summed E-state index contributed by atoms with van der Waals surface area (Å²) in [6.07, 6.45) is 1.74. The van der Waals surface area contributed by atoms with Gasteiger partial charge in [-0.05, 0) is 21.1 Å². The van der Waals surface area contributed by atoms with Crippen LogP contribution in [0.2, 0.25) is 0 Å². The fraction of sp³-hybridized carbons (Fsp3) is 0.833. The molecule has 0 saturated heterocycles. The smallest absolute Gasteiger partial charge is 0.0825 e. The summed E-state index contributed by atoms with van der Waals surface area (Å²) >= 11 is 0. The number of nitrogens with zero attached hydrogens (tertiary/aromatic N) is 2. The van der Waals surface area contributed by atoms with Gasteiger partial charge < -0.3 is 10.2 Å². The Hall–Kier alpha value is -0.280. The maximum atomic E-state index is 3.85. The Balaban J connectivity index is 0. The third-order valence-electron chi connectivity index (χ3n) is 0.568. The van der Waals surface area contributed by atoms with E-state index in [-0.39, 0.29) is 12.4 Å². The number of hydrogen-bond acceptors (Lipinski definition) is 3. The standard InChI is InChI=1S/C3H6N2.C3H9N.ClH/c1-2-5-3-4-1;1-4(2)3;/h3H,1-2H2,(H,4,5);1-3H3;1H. The minimum atomic E-state index is 0. The monoisotopic (exact) mass is 165 g/mol. The van der Waals surface area contributed by atoms with Crippen molar-refractivity contribution in [3.8, 4) is 0 Å². The Morgan fingerprint density at radius 1 is 1.40 bits per heavy atom. The molecule has 1 aliphatic heterocycles. The van der Waals surface area contributed by atoms with E-state index >= 15 is 0 Å². The lowest BCUT2D eigenvalue weighted by molar-refractivity contribution is 0.505. The van der Waals surface area contributed by atoms with Crippen LogP contribution in [-0.2, 0) is 0 Å². The van der Waals surface area contributed by atoms with Gasteiger partial charge in [-0.2, -0.15) is 0 Å². The molecule has 10 heavy (non-hydrogen) atoms. The summed E-state index contributed by atoms with van der Waals surface area (Å²) in [5, 5.41) is 2.93. The molecule has 0 aliphatic carbocycles. The summed E-state index contributed by atoms with van der Waals surface area (Å²) in [5.41, 5.74) is 0. The van der Waals surface area contributed by atoms with Crippen LogP contribution in [-0.4, -0.2) is 45.5 Å². The van der Waals surface area contributed by atoms with Crippen molar-refractivity contribution in [1.29, 1.82) is 0 Å². The van der Waals surface area contributed by atoms with Crippen molar-refractivity contribution < 1.29 is 0 Å². The molecule has 0 bridgehead atoms. The topological polar surface area (TPSA) is 27.6 Å². The lowest BCUT2D eigenvalue weighted by Gasteiger charge is -1.90. The van der Waals surface area contributed by atoms with E-state index in [4.69, 9.17) is 0 Å². The van der Waals surface area contributed by atoms with Crippen LogP contribution in [0.1, 0.15) is 0 Å². The Bertz CT molecular complexity index is 74.3. The van der Waals surface area contributed by atoms with Gasteiger partial charge in [0.15, 0.2) is 0 Å². The zero-order chi connectivity index (χ0) is 7.11. The number of rotatable bonds is 0. The second kappa shape index (κ2) is 8.72. The molecule has 0 amide bonds. The van der Waals surface area contributed by atoms with Crippen molar-refractivity contribution in [2.45, 2.75) is 0 Å². The second-order valence-corrected chi connectivity index (χ2v) is 2.33. The SMILES string of the molecule is C1=NCCN1.CN(C)C.Cl. The third-order valence-corrected chi connectivity index (χ3v) is 0.568. The van der Waals surface area contributed by atoms with Gasteiger partial charge in [0.1, 0.15) is 0 Å². The summed E-state index contributed by atoms with van der Waals surface area (Å²) in [4.78, 5) is 5.85. The van der Waals surface area contributed by atoms with Crippen LogP contribution in [0.3, 0.4) is 0 Å². The molecule has 0 saturated carbocycles. The molecule has 4 heteroatoms. The summed E-state index contributed by atoms with van der Waals surface area (Å²) in [6, 6.07) is 0. The number of aliphatic imine (C=N–C) groups is 1. The first-order valence-corrected chi connectivity index (χ1v) is 3.06. The molecule has 0 aromatic heterocycles. The molecular weight excluding hydrogens is 150 g/mol. The summed E-state index contributed by atoms with van der Waals surface area (Å²) < 4.78 is 0. The van der Waals surface area contributed by atoms with Gasteiger partial charge in [0, 0.05) is 6.54 Å². The Morgan fingerprint density at radius 3 is 2.00 bits per heavy atom. The van der Waals surface area contributed by atoms with Gasteiger partial charge in [0.05, 0.1) is 12.9 Å². The quantitative estimate of drug-likeness (QED) is 0.556. The highest BCUT2D eigenvalue weighted by Crippen LogP contribution is 1.68. The van der Waals surface area contributed by atoms with Gasteiger partial charge in [0.2, 0.25) is 0 Å². The average Bonchev–Trinajstić information content (AvgIpc) is 2.11. The minimum Gasteiger partial charge on any atom is -0.375 e. The van der Waals surface area contributed by atoms with E-state index in [9.17, 15) is 0 Å². The molecule has 62 valence electrons. The molecule has 1 N–H and O–H groups in total. The second-order valence-electron chi connectivity index (χ2n) is 2.33. The Kier molecular flexibility index (Phi) is 10.8. The molecule has 0 unspecified atom stereocenters. The molecule has 0 radical (unpaired) electrons. The van der Waals surface area contributed by atoms with Crippen molar-refractivity contribution >= 4 is 18.7 Å². The fourth-order valence-electron chi connectivity index (χ4n) is 0.323. The van der Waals surface area contributed by atoms with Crippen LogP contribution in [0.25, 0.3) is 0 Å². The van der Waals surface area contributed by atoms with E-state index in [1.807, 2.05) is 26.0 Å². The molecule has 0 aromatic rings. The molecule has 0 atom stereocenters. The average molecular weight is 166 g/mol. The lowest BCUT2D eigenvalue weighted by atomic mass is 10.7. The Labute approximate surface area is 68.9 Å². The van der Waals surface area contributed by atoms with Crippen LogP contribution >= 0.6 is 12.4 Å². The first kappa shape index (κ1) is 12.4. The largest absolute Gasteiger partial charge is 0.375 e. The van der Waals surface area contributed by atoms with Gasteiger partial charge in [-0.25, -0.2) is 0 Å². The maximum Gasteiger partial charge on any atom is 0.0825 e. The third kappa shape index (κ3) is 15.6. The van der Waals surface area contributed by atoms with Gasteiger partial charge in [-0.3, -0.25) is 4.99 Å². The van der Waals surface area contributed by atoms with Crippen LogP contribution in [0.5, 0.6) is 0 Å². The van der Waals surface area contributed by atoms with Crippen molar-refractivity contribution in [2.24, 2.45) is 4.99 Å². The van der Waals surface area contributed by atoms with Crippen LogP contribution in [0, 0.1) is 0 Å². The number of hydrogen-bond donors (Lipinski definition) is 1.